The van der Waals surface area contributed by atoms with E-state index in [0.717, 1.165) is 24.0 Å². The fourth-order valence-electron chi connectivity index (χ4n) is 2.71. The highest BCUT2D eigenvalue weighted by atomic mass is 16.2. The Bertz CT molecular complexity index is 715. The molecule has 0 aliphatic heterocycles. The molecule has 2 rings (SSSR count). The number of hydrogen-bond acceptors (Lipinski definition) is 3. The van der Waals surface area contributed by atoms with Crippen LogP contribution in [-0.2, 0) is 22.4 Å². The van der Waals surface area contributed by atoms with Gasteiger partial charge in [0.25, 0.3) is 0 Å². The summed E-state index contributed by atoms with van der Waals surface area (Å²) >= 11 is 0. The van der Waals surface area contributed by atoms with Gasteiger partial charge in [0.15, 0.2) is 0 Å². The fourth-order valence-corrected chi connectivity index (χ4v) is 2.71. The molecule has 0 radical (unpaired) electrons. The number of pyridine rings is 1. The van der Waals surface area contributed by atoms with Gasteiger partial charge in [-0.05, 0) is 49.9 Å². The molecule has 5 nitrogen and oxygen atoms in total. The minimum Gasteiger partial charge on any atom is -0.355 e. The van der Waals surface area contributed by atoms with E-state index in [-0.39, 0.29) is 11.8 Å². The van der Waals surface area contributed by atoms with Gasteiger partial charge >= 0.3 is 0 Å². The molecule has 2 aromatic rings. The van der Waals surface area contributed by atoms with Crippen LogP contribution >= 0.6 is 0 Å². The number of hydrogen-bond donors (Lipinski definition) is 1. The van der Waals surface area contributed by atoms with Gasteiger partial charge in [-0.2, -0.15) is 0 Å². The minimum absolute atomic E-state index is 0.177. The van der Waals surface area contributed by atoms with Crippen LogP contribution < -0.4 is 5.32 Å². The lowest BCUT2D eigenvalue weighted by Crippen LogP contribution is -2.49. The van der Waals surface area contributed by atoms with E-state index in [9.17, 15) is 9.59 Å². The van der Waals surface area contributed by atoms with Gasteiger partial charge in [-0.25, -0.2) is 0 Å². The minimum atomic E-state index is -1.09. The predicted molar refractivity (Wildman–Crippen MR) is 103 cm³/mol. The lowest BCUT2D eigenvalue weighted by molar-refractivity contribution is -0.147. The van der Waals surface area contributed by atoms with Gasteiger partial charge in [0.1, 0.15) is 5.41 Å². The highest BCUT2D eigenvalue weighted by molar-refractivity contribution is 6.04. The van der Waals surface area contributed by atoms with E-state index < -0.39 is 5.41 Å². The number of carbonyl (C=O) groups is 2. The van der Waals surface area contributed by atoms with Crippen LogP contribution in [0.25, 0.3) is 0 Å². The van der Waals surface area contributed by atoms with Gasteiger partial charge < -0.3 is 10.2 Å². The van der Waals surface area contributed by atoms with E-state index in [1.807, 2.05) is 42.5 Å². The molecule has 0 bridgehead atoms. The zero-order valence-corrected chi connectivity index (χ0v) is 15.7. The van der Waals surface area contributed by atoms with Crippen LogP contribution in [0.4, 0.5) is 0 Å². The zero-order chi connectivity index (χ0) is 19.0. The first-order valence-electron chi connectivity index (χ1n) is 8.88. The molecule has 1 aromatic carbocycles. The number of rotatable bonds is 8. The average Bonchev–Trinajstić information content (AvgIpc) is 2.67. The maximum absolute atomic E-state index is 12.7. The Kier molecular flexibility index (Phi) is 6.89. The third-order valence-electron chi connectivity index (χ3n) is 4.48. The molecule has 0 fully saturated rings. The molecule has 1 N–H and O–H groups in total. The van der Waals surface area contributed by atoms with Crippen molar-refractivity contribution in [1.82, 2.24) is 15.2 Å². The summed E-state index contributed by atoms with van der Waals surface area (Å²) in [5, 5.41) is 2.89. The molecule has 0 atom stereocenters. The molecule has 1 heterocycles. The number of carbonyl (C=O) groups excluding carboxylic acids is 2. The van der Waals surface area contributed by atoms with Gasteiger partial charge in [0.2, 0.25) is 11.8 Å². The van der Waals surface area contributed by atoms with Crippen molar-refractivity contribution in [3.63, 3.8) is 0 Å². The zero-order valence-electron chi connectivity index (χ0n) is 15.7. The van der Waals surface area contributed by atoms with Crippen LogP contribution in [-0.4, -0.2) is 41.8 Å². The van der Waals surface area contributed by atoms with Crippen molar-refractivity contribution in [2.45, 2.75) is 26.7 Å². The van der Waals surface area contributed by atoms with E-state index in [2.05, 4.69) is 10.3 Å². The van der Waals surface area contributed by atoms with Crippen LogP contribution in [0.3, 0.4) is 0 Å². The Morgan fingerprint density at radius 2 is 1.62 bits per heavy atom. The van der Waals surface area contributed by atoms with Crippen LogP contribution in [0.15, 0.2) is 54.9 Å². The standard InChI is InChI=1S/C21H27N3O2/c1-21(2,19(25)23-15-11-17-7-5-4-6-8-17)20(26)24(3)16-12-18-9-13-22-14-10-18/h4-10,13-14H,11-12,15-16H2,1-3H3,(H,23,25). The topological polar surface area (TPSA) is 62.3 Å². The average molecular weight is 353 g/mol. The summed E-state index contributed by atoms with van der Waals surface area (Å²) in [7, 11) is 1.74. The Balaban J connectivity index is 1.83. The predicted octanol–water partition coefficient (Wildman–Crippen LogP) is 2.47. The van der Waals surface area contributed by atoms with E-state index in [4.69, 9.17) is 0 Å². The van der Waals surface area contributed by atoms with E-state index >= 15 is 0 Å². The molecule has 0 aliphatic rings. The molecule has 1 aromatic heterocycles. The van der Waals surface area contributed by atoms with Gasteiger partial charge in [-0.15, -0.1) is 0 Å². The second-order valence-electron chi connectivity index (χ2n) is 6.95. The van der Waals surface area contributed by atoms with Gasteiger partial charge in [0.05, 0.1) is 0 Å². The summed E-state index contributed by atoms with van der Waals surface area (Å²) < 4.78 is 0. The van der Waals surface area contributed by atoms with E-state index in [0.29, 0.717) is 13.1 Å². The third kappa shape index (κ3) is 5.41. The number of nitrogens with one attached hydrogen (secondary N) is 1. The molecule has 0 aliphatic carbocycles. The number of aromatic nitrogens is 1. The Labute approximate surface area is 155 Å². The van der Waals surface area contributed by atoms with Crippen molar-refractivity contribution in [3.05, 3.63) is 66.0 Å². The van der Waals surface area contributed by atoms with Crippen molar-refractivity contribution in [2.24, 2.45) is 5.41 Å². The highest BCUT2D eigenvalue weighted by Crippen LogP contribution is 2.19. The molecule has 138 valence electrons. The second kappa shape index (κ2) is 9.13. The Morgan fingerprint density at radius 3 is 2.27 bits per heavy atom. The maximum Gasteiger partial charge on any atom is 0.237 e. The largest absolute Gasteiger partial charge is 0.355 e. The first-order chi connectivity index (χ1) is 12.4. The molecule has 0 spiro atoms. The molecule has 0 saturated heterocycles. The maximum atomic E-state index is 12.7. The smallest absolute Gasteiger partial charge is 0.237 e. The van der Waals surface area contributed by atoms with Crippen LogP contribution in [0.1, 0.15) is 25.0 Å². The first-order valence-corrected chi connectivity index (χ1v) is 8.88. The van der Waals surface area contributed by atoms with Crippen LogP contribution in [0.2, 0.25) is 0 Å². The molecule has 5 heteroatoms. The number of amides is 2. The monoisotopic (exact) mass is 353 g/mol. The van der Waals surface area contributed by atoms with Gasteiger partial charge in [-0.3, -0.25) is 14.6 Å². The second-order valence-corrected chi connectivity index (χ2v) is 6.95. The highest BCUT2D eigenvalue weighted by Gasteiger charge is 2.37. The normalized spacial score (nSPS) is 11.0. The van der Waals surface area contributed by atoms with Crippen LogP contribution in [0.5, 0.6) is 0 Å². The number of nitrogens with zero attached hydrogens (tertiary/aromatic N) is 2. The van der Waals surface area contributed by atoms with Crippen molar-refractivity contribution >= 4 is 11.8 Å². The SMILES string of the molecule is CN(CCc1ccncc1)C(=O)C(C)(C)C(=O)NCCc1ccccc1. The summed E-state index contributed by atoms with van der Waals surface area (Å²) in [5.41, 5.74) is 1.18. The summed E-state index contributed by atoms with van der Waals surface area (Å²) in [4.78, 5) is 30.8. The molecule has 0 unspecified atom stereocenters. The Morgan fingerprint density at radius 1 is 1.00 bits per heavy atom. The third-order valence-corrected chi connectivity index (χ3v) is 4.48. The molecular formula is C21H27N3O2. The van der Waals surface area contributed by atoms with Gasteiger partial charge in [-0.1, -0.05) is 30.3 Å². The molecular weight excluding hydrogens is 326 g/mol. The van der Waals surface area contributed by atoms with Crippen molar-refractivity contribution in [2.75, 3.05) is 20.1 Å². The molecule has 0 saturated carbocycles. The van der Waals surface area contributed by atoms with Crippen molar-refractivity contribution in [3.8, 4) is 0 Å². The summed E-state index contributed by atoms with van der Waals surface area (Å²) in [5.74, 6) is -0.419. The van der Waals surface area contributed by atoms with Crippen molar-refractivity contribution in [1.29, 1.82) is 0 Å². The first kappa shape index (κ1) is 19.6. The lowest BCUT2D eigenvalue weighted by atomic mass is 9.90. The molecule has 26 heavy (non-hydrogen) atoms. The van der Waals surface area contributed by atoms with E-state index in [1.165, 1.54) is 0 Å². The fraction of sp³-hybridized carbons (Fsp3) is 0.381. The van der Waals surface area contributed by atoms with Gasteiger partial charge in [0, 0.05) is 32.5 Å². The van der Waals surface area contributed by atoms with Crippen LogP contribution in [0, 0.1) is 5.41 Å². The van der Waals surface area contributed by atoms with Crippen molar-refractivity contribution < 1.29 is 9.59 Å². The Hall–Kier alpha value is -2.69. The number of benzene rings is 1. The summed E-state index contributed by atoms with van der Waals surface area (Å²) in [6, 6.07) is 13.8. The summed E-state index contributed by atoms with van der Waals surface area (Å²) in [6.07, 6.45) is 4.95. The quantitative estimate of drug-likeness (QED) is 0.742. The van der Waals surface area contributed by atoms with E-state index in [1.54, 1.807) is 38.2 Å². The number of likely N-dealkylation sites (N-methyl/N-ethyl adjacent to an activating group) is 1. The molecule has 2 amide bonds. The lowest BCUT2D eigenvalue weighted by Gasteiger charge is -2.28. The summed E-state index contributed by atoms with van der Waals surface area (Å²) in [6.45, 7) is 4.43.